The van der Waals surface area contributed by atoms with Gasteiger partial charge >= 0.3 is 0 Å². The van der Waals surface area contributed by atoms with E-state index in [2.05, 4.69) is 74.3 Å². The molecule has 0 saturated heterocycles. The Kier molecular flexibility index (Phi) is 5.40. The van der Waals surface area contributed by atoms with Crippen molar-refractivity contribution in [2.24, 2.45) is 0 Å². The third kappa shape index (κ3) is 4.08. The maximum atomic E-state index is 5.30. The molecule has 2 aromatic rings. The van der Waals surface area contributed by atoms with Crippen LogP contribution in [0.3, 0.4) is 0 Å². The predicted octanol–water partition coefficient (Wildman–Crippen LogP) is 4.32. The molecule has 0 bridgehead atoms. The van der Waals surface area contributed by atoms with Crippen LogP contribution in [-0.2, 0) is 6.42 Å². The maximum absolute atomic E-state index is 5.30. The zero-order valence-corrected chi connectivity index (χ0v) is 13.4. The van der Waals surface area contributed by atoms with Crippen LogP contribution < -0.4 is 4.74 Å². The molecular formula is C19H25NO. The molecular weight excluding hydrogens is 258 g/mol. The lowest BCUT2D eigenvalue weighted by molar-refractivity contribution is 0.196. The number of likely N-dealkylation sites (N-methyl/N-ethyl adjacent to an activating group) is 1. The van der Waals surface area contributed by atoms with Gasteiger partial charge in [0, 0.05) is 12.1 Å². The Bertz CT molecular complexity index is 553. The summed E-state index contributed by atoms with van der Waals surface area (Å²) in [7, 11) is 3.91. The lowest BCUT2D eigenvalue weighted by Crippen LogP contribution is -2.33. The van der Waals surface area contributed by atoms with E-state index in [-0.39, 0.29) is 0 Å². The van der Waals surface area contributed by atoms with E-state index in [4.69, 9.17) is 4.74 Å². The highest BCUT2D eigenvalue weighted by Crippen LogP contribution is 2.23. The van der Waals surface area contributed by atoms with Crippen molar-refractivity contribution in [2.45, 2.75) is 32.4 Å². The highest BCUT2D eigenvalue weighted by Gasteiger charge is 2.17. The third-order valence-electron chi connectivity index (χ3n) is 4.25. The smallest absolute Gasteiger partial charge is 0.119 e. The van der Waals surface area contributed by atoms with Crippen molar-refractivity contribution in [2.75, 3.05) is 14.2 Å². The lowest BCUT2D eigenvalue weighted by Gasteiger charge is -2.31. The minimum atomic E-state index is 0.409. The molecule has 112 valence electrons. The van der Waals surface area contributed by atoms with Gasteiger partial charge in [-0.25, -0.2) is 0 Å². The fourth-order valence-electron chi connectivity index (χ4n) is 2.63. The van der Waals surface area contributed by atoms with Crippen molar-refractivity contribution in [3.05, 3.63) is 65.7 Å². The molecule has 0 heterocycles. The second kappa shape index (κ2) is 7.28. The van der Waals surface area contributed by atoms with Gasteiger partial charge in [0.2, 0.25) is 0 Å². The van der Waals surface area contributed by atoms with Gasteiger partial charge in [-0.1, -0.05) is 42.5 Å². The van der Waals surface area contributed by atoms with E-state index < -0.39 is 0 Å². The molecule has 0 aliphatic carbocycles. The summed E-state index contributed by atoms with van der Waals surface area (Å²) in [4.78, 5) is 2.43. The van der Waals surface area contributed by atoms with Gasteiger partial charge in [-0.2, -0.15) is 0 Å². The van der Waals surface area contributed by atoms with Crippen LogP contribution in [0, 0.1) is 0 Å². The molecule has 0 aliphatic heterocycles. The fourth-order valence-corrected chi connectivity index (χ4v) is 2.63. The van der Waals surface area contributed by atoms with Gasteiger partial charge in [0.05, 0.1) is 7.11 Å². The number of nitrogens with zero attached hydrogens (tertiary/aromatic N) is 1. The molecule has 2 aromatic carbocycles. The summed E-state index contributed by atoms with van der Waals surface area (Å²) in [5, 5.41) is 0. The number of rotatable bonds is 6. The van der Waals surface area contributed by atoms with E-state index in [1.54, 1.807) is 7.11 Å². The van der Waals surface area contributed by atoms with Gasteiger partial charge in [-0.3, -0.25) is 4.90 Å². The molecule has 2 rings (SSSR count). The van der Waals surface area contributed by atoms with Gasteiger partial charge in [0.15, 0.2) is 0 Å². The van der Waals surface area contributed by atoms with Gasteiger partial charge in [0.25, 0.3) is 0 Å². The van der Waals surface area contributed by atoms with Crippen LogP contribution >= 0.6 is 0 Å². The molecule has 0 unspecified atom stereocenters. The molecule has 0 spiro atoms. The summed E-state index contributed by atoms with van der Waals surface area (Å²) in [6.07, 6.45) is 1.02. The van der Waals surface area contributed by atoms with Crippen molar-refractivity contribution in [1.82, 2.24) is 4.90 Å². The molecule has 0 saturated carbocycles. The molecule has 2 atom stereocenters. The SMILES string of the molecule is COc1cccc(C[C@H](C)N(C)[C@@H](C)c2ccccc2)c1. The summed E-state index contributed by atoms with van der Waals surface area (Å²) in [5.41, 5.74) is 2.67. The number of benzene rings is 2. The van der Waals surface area contributed by atoms with E-state index in [9.17, 15) is 0 Å². The van der Waals surface area contributed by atoms with Gasteiger partial charge in [0.1, 0.15) is 5.75 Å². The van der Waals surface area contributed by atoms with Crippen molar-refractivity contribution < 1.29 is 4.74 Å². The summed E-state index contributed by atoms with van der Waals surface area (Å²) in [6.45, 7) is 4.54. The molecule has 0 aliphatic rings. The van der Waals surface area contributed by atoms with E-state index in [1.165, 1.54) is 11.1 Å². The normalized spacial score (nSPS) is 14.0. The standard InChI is InChI=1S/C19H25NO/c1-15(13-17-9-8-12-19(14-17)21-4)20(3)16(2)18-10-6-5-7-11-18/h5-12,14-16H,13H2,1-4H3/t15-,16-/m0/s1. The van der Waals surface area contributed by atoms with Crippen LogP contribution in [0.1, 0.15) is 31.0 Å². The molecule has 0 fully saturated rings. The number of hydrogen-bond donors (Lipinski definition) is 0. The van der Waals surface area contributed by atoms with Gasteiger partial charge in [-0.15, -0.1) is 0 Å². The Balaban J connectivity index is 2.03. The lowest BCUT2D eigenvalue weighted by atomic mass is 10.0. The Labute approximate surface area is 128 Å². The summed E-state index contributed by atoms with van der Waals surface area (Å²) in [6, 6.07) is 19.9. The predicted molar refractivity (Wildman–Crippen MR) is 88.8 cm³/mol. The van der Waals surface area contributed by atoms with Crippen molar-refractivity contribution >= 4 is 0 Å². The average molecular weight is 283 g/mol. The van der Waals surface area contributed by atoms with E-state index in [0.29, 0.717) is 12.1 Å². The molecule has 21 heavy (non-hydrogen) atoms. The molecule has 2 nitrogen and oxygen atoms in total. The van der Waals surface area contributed by atoms with Crippen molar-refractivity contribution in [1.29, 1.82) is 0 Å². The van der Waals surface area contributed by atoms with E-state index >= 15 is 0 Å². The first-order valence-corrected chi connectivity index (χ1v) is 7.51. The van der Waals surface area contributed by atoms with Crippen LogP contribution in [0.25, 0.3) is 0 Å². The van der Waals surface area contributed by atoms with Gasteiger partial charge in [-0.05, 0) is 50.6 Å². The molecule has 0 N–H and O–H groups in total. The van der Waals surface area contributed by atoms with Crippen LogP contribution in [0.5, 0.6) is 5.75 Å². The quantitative estimate of drug-likeness (QED) is 0.783. The summed E-state index contributed by atoms with van der Waals surface area (Å²) >= 11 is 0. The number of methoxy groups -OCH3 is 1. The van der Waals surface area contributed by atoms with Crippen molar-refractivity contribution in [3.8, 4) is 5.75 Å². The third-order valence-corrected chi connectivity index (χ3v) is 4.25. The van der Waals surface area contributed by atoms with E-state index in [0.717, 1.165) is 12.2 Å². The average Bonchev–Trinajstić information content (AvgIpc) is 2.54. The Hall–Kier alpha value is -1.80. The second-order valence-corrected chi connectivity index (χ2v) is 5.66. The van der Waals surface area contributed by atoms with Gasteiger partial charge < -0.3 is 4.74 Å². The van der Waals surface area contributed by atoms with Crippen molar-refractivity contribution in [3.63, 3.8) is 0 Å². The Morgan fingerprint density at radius 1 is 1.00 bits per heavy atom. The molecule has 2 heteroatoms. The van der Waals surface area contributed by atoms with Crippen LogP contribution in [0.4, 0.5) is 0 Å². The second-order valence-electron chi connectivity index (χ2n) is 5.66. The zero-order valence-electron chi connectivity index (χ0n) is 13.4. The Morgan fingerprint density at radius 2 is 1.71 bits per heavy atom. The molecule has 0 radical (unpaired) electrons. The summed E-state index contributed by atoms with van der Waals surface area (Å²) in [5.74, 6) is 0.929. The largest absolute Gasteiger partial charge is 0.497 e. The first kappa shape index (κ1) is 15.6. The minimum absolute atomic E-state index is 0.409. The first-order valence-electron chi connectivity index (χ1n) is 7.51. The topological polar surface area (TPSA) is 12.5 Å². The summed E-state index contributed by atoms with van der Waals surface area (Å²) < 4.78 is 5.30. The minimum Gasteiger partial charge on any atom is -0.497 e. The fraction of sp³-hybridized carbons (Fsp3) is 0.368. The number of ether oxygens (including phenoxy) is 1. The van der Waals surface area contributed by atoms with Crippen LogP contribution in [0.15, 0.2) is 54.6 Å². The molecule has 0 amide bonds. The highest BCUT2D eigenvalue weighted by molar-refractivity contribution is 5.29. The number of hydrogen-bond acceptors (Lipinski definition) is 2. The van der Waals surface area contributed by atoms with Crippen LogP contribution in [-0.4, -0.2) is 25.1 Å². The highest BCUT2D eigenvalue weighted by atomic mass is 16.5. The Morgan fingerprint density at radius 3 is 2.38 bits per heavy atom. The zero-order chi connectivity index (χ0) is 15.2. The van der Waals surface area contributed by atoms with Crippen LogP contribution in [0.2, 0.25) is 0 Å². The first-order chi connectivity index (χ1) is 10.1. The maximum Gasteiger partial charge on any atom is 0.119 e. The molecule has 0 aromatic heterocycles. The van der Waals surface area contributed by atoms with E-state index in [1.807, 2.05) is 6.07 Å². The monoisotopic (exact) mass is 283 g/mol.